The molecule has 0 heterocycles. The van der Waals surface area contributed by atoms with E-state index in [9.17, 15) is 5.11 Å². The number of hydrogen-bond acceptors (Lipinski definition) is 3. The summed E-state index contributed by atoms with van der Waals surface area (Å²) in [6.45, 7) is 0. The third kappa shape index (κ3) is 1.46. The van der Waals surface area contributed by atoms with Crippen LogP contribution in [0.15, 0.2) is 23.8 Å². The summed E-state index contributed by atoms with van der Waals surface area (Å²) in [5.41, 5.74) is -1.05. The second-order valence-corrected chi connectivity index (χ2v) is 2.38. The van der Waals surface area contributed by atoms with E-state index in [2.05, 4.69) is 0 Å². The third-order valence-corrected chi connectivity index (χ3v) is 1.47. The summed E-state index contributed by atoms with van der Waals surface area (Å²) in [6.07, 6.45) is 4.58. The standard InChI is InChI=1S/C8H6N2O/c9-5-7-2-1-3-8(11,4-7)6-10/h1-3,11H,4H2. The molecule has 0 saturated carbocycles. The van der Waals surface area contributed by atoms with E-state index in [1.807, 2.05) is 6.07 Å². The highest BCUT2D eigenvalue weighted by molar-refractivity contribution is 5.37. The van der Waals surface area contributed by atoms with Gasteiger partial charge in [-0.25, -0.2) is 0 Å². The summed E-state index contributed by atoms with van der Waals surface area (Å²) in [7, 11) is 0. The van der Waals surface area contributed by atoms with Crippen molar-refractivity contribution < 1.29 is 5.11 Å². The van der Waals surface area contributed by atoms with E-state index in [1.54, 1.807) is 12.1 Å². The maximum absolute atomic E-state index is 9.34. The maximum atomic E-state index is 9.34. The van der Waals surface area contributed by atoms with Crippen LogP contribution in [0.25, 0.3) is 0 Å². The van der Waals surface area contributed by atoms with Gasteiger partial charge in [0.2, 0.25) is 0 Å². The number of hydrogen-bond donors (Lipinski definition) is 1. The zero-order valence-corrected chi connectivity index (χ0v) is 5.78. The molecular weight excluding hydrogens is 140 g/mol. The average Bonchev–Trinajstić information content (AvgIpc) is 2.05. The molecular formula is C8H6N2O. The highest BCUT2D eigenvalue weighted by atomic mass is 16.3. The van der Waals surface area contributed by atoms with Crippen molar-refractivity contribution in [3.63, 3.8) is 0 Å². The van der Waals surface area contributed by atoms with Gasteiger partial charge in [-0.3, -0.25) is 0 Å². The molecule has 1 rings (SSSR count). The van der Waals surface area contributed by atoms with Crippen LogP contribution in [0.1, 0.15) is 6.42 Å². The normalized spacial score (nSPS) is 28.5. The van der Waals surface area contributed by atoms with E-state index in [4.69, 9.17) is 10.5 Å². The van der Waals surface area contributed by atoms with Crippen LogP contribution in [0, 0.1) is 22.7 Å². The van der Waals surface area contributed by atoms with Crippen molar-refractivity contribution in [1.82, 2.24) is 0 Å². The Morgan fingerprint density at radius 3 is 2.82 bits per heavy atom. The molecule has 0 spiro atoms. The first-order valence-electron chi connectivity index (χ1n) is 3.12. The fourth-order valence-corrected chi connectivity index (χ4v) is 0.885. The first kappa shape index (κ1) is 7.53. The van der Waals surface area contributed by atoms with Gasteiger partial charge in [-0.15, -0.1) is 0 Å². The van der Waals surface area contributed by atoms with Gasteiger partial charge in [0.1, 0.15) is 6.07 Å². The zero-order valence-electron chi connectivity index (χ0n) is 5.78. The van der Waals surface area contributed by atoms with E-state index < -0.39 is 5.60 Å². The Hall–Kier alpha value is -1.58. The molecule has 0 fully saturated rings. The molecule has 0 aromatic heterocycles. The smallest absolute Gasteiger partial charge is 0.174 e. The molecule has 0 aromatic rings. The lowest BCUT2D eigenvalue weighted by Gasteiger charge is -2.16. The van der Waals surface area contributed by atoms with Crippen molar-refractivity contribution in [2.24, 2.45) is 0 Å². The van der Waals surface area contributed by atoms with E-state index in [-0.39, 0.29) is 6.42 Å². The van der Waals surface area contributed by atoms with Gasteiger partial charge in [-0.1, -0.05) is 6.08 Å². The summed E-state index contributed by atoms with van der Waals surface area (Å²) in [5, 5.41) is 26.3. The largest absolute Gasteiger partial charge is 0.372 e. The molecule has 1 aliphatic rings. The van der Waals surface area contributed by atoms with Crippen molar-refractivity contribution in [2.75, 3.05) is 0 Å². The molecule has 11 heavy (non-hydrogen) atoms. The van der Waals surface area contributed by atoms with Crippen molar-refractivity contribution in [1.29, 1.82) is 10.5 Å². The summed E-state index contributed by atoms with van der Waals surface area (Å²) in [6, 6.07) is 3.61. The molecule has 1 aliphatic carbocycles. The van der Waals surface area contributed by atoms with Gasteiger partial charge in [0.15, 0.2) is 5.60 Å². The van der Waals surface area contributed by atoms with Gasteiger partial charge in [-0.2, -0.15) is 10.5 Å². The van der Waals surface area contributed by atoms with E-state index in [0.717, 1.165) is 0 Å². The minimum atomic E-state index is -1.47. The fraction of sp³-hybridized carbons (Fsp3) is 0.250. The molecule has 0 aliphatic heterocycles. The predicted octanol–water partition coefficient (Wildman–Crippen LogP) is 0.651. The molecule has 54 valence electrons. The van der Waals surface area contributed by atoms with Gasteiger partial charge in [0.05, 0.1) is 6.07 Å². The van der Waals surface area contributed by atoms with Gasteiger partial charge < -0.3 is 5.11 Å². The third-order valence-electron chi connectivity index (χ3n) is 1.47. The van der Waals surface area contributed by atoms with Crippen LogP contribution < -0.4 is 0 Å². The van der Waals surface area contributed by atoms with Gasteiger partial charge in [0, 0.05) is 12.0 Å². The Labute approximate surface area is 64.5 Å². The number of allylic oxidation sites excluding steroid dienone is 2. The monoisotopic (exact) mass is 146 g/mol. The van der Waals surface area contributed by atoms with Crippen molar-refractivity contribution in [3.05, 3.63) is 23.8 Å². The Kier molecular flexibility index (Phi) is 1.76. The van der Waals surface area contributed by atoms with Crippen molar-refractivity contribution in [2.45, 2.75) is 12.0 Å². The van der Waals surface area contributed by atoms with Gasteiger partial charge in [0.25, 0.3) is 0 Å². The first-order valence-corrected chi connectivity index (χ1v) is 3.12. The number of nitriles is 2. The Balaban J connectivity index is 2.89. The van der Waals surface area contributed by atoms with Crippen LogP contribution >= 0.6 is 0 Å². The van der Waals surface area contributed by atoms with Crippen molar-refractivity contribution in [3.8, 4) is 12.1 Å². The highest BCUT2D eigenvalue weighted by Gasteiger charge is 2.26. The van der Waals surface area contributed by atoms with Gasteiger partial charge in [-0.05, 0) is 12.2 Å². The summed E-state index contributed by atoms with van der Waals surface area (Å²) >= 11 is 0. The molecule has 1 N–H and O–H groups in total. The molecule has 0 amide bonds. The van der Waals surface area contributed by atoms with Crippen LogP contribution in [0.5, 0.6) is 0 Å². The number of nitrogens with zero attached hydrogens (tertiary/aromatic N) is 2. The molecule has 3 heteroatoms. The number of aliphatic hydroxyl groups is 1. The molecule has 0 bridgehead atoms. The Morgan fingerprint density at radius 1 is 1.55 bits per heavy atom. The van der Waals surface area contributed by atoms with E-state index in [0.29, 0.717) is 5.57 Å². The molecule has 1 atom stereocenters. The molecule has 0 radical (unpaired) electrons. The minimum Gasteiger partial charge on any atom is -0.372 e. The Bertz CT molecular complexity index is 303. The maximum Gasteiger partial charge on any atom is 0.174 e. The molecule has 0 saturated heterocycles. The summed E-state index contributed by atoms with van der Waals surface area (Å²) in [4.78, 5) is 0. The fourth-order valence-electron chi connectivity index (χ4n) is 0.885. The lowest BCUT2D eigenvalue weighted by molar-refractivity contribution is 0.150. The summed E-state index contributed by atoms with van der Waals surface area (Å²) in [5.74, 6) is 0. The second kappa shape index (κ2) is 2.57. The Morgan fingerprint density at radius 2 is 2.27 bits per heavy atom. The highest BCUT2D eigenvalue weighted by Crippen LogP contribution is 2.21. The molecule has 3 nitrogen and oxygen atoms in total. The van der Waals surface area contributed by atoms with Gasteiger partial charge >= 0.3 is 0 Å². The summed E-state index contributed by atoms with van der Waals surface area (Å²) < 4.78 is 0. The SMILES string of the molecule is N#CC1=CC=CC(O)(C#N)C1. The zero-order chi connectivity index (χ0) is 8.32. The average molecular weight is 146 g/mol. The van der Waals surface area contributed by atoms with E-state index >= 15 is 0 Å². The topological polar surface area (TPSA) is 67.8 Å². The lowest BCUT2D eigenvalue weighted by atomic mass is 9.92. The van der Waals surface area contributed by atoms with Crippen molar-refractivity contribution >= 4 is 0 Å². The minimum absolute atomic E-state index is 0.0938. The van der Waals surface area contributed by atoms with Crippen LogP contribution in [-0.2, 0) is 0 Å². The molecule has 1 unspecified atom stereocenters. The first-order chi connectivity index (χ1) is 5.20. The quantitative estimate of drug-likeness (QED) is 0.510. The van der Waals surface area contributed by atoms with Crippen LogP contribution in [-0.4, -0.2) is 10.7 Å². The van der Waals surface area contributed by atoms with Crippen LogP contribution in [0.3, 0.4) is 0 Å². The van der Waals surface area contributed by atoms with Crippen LogP contribution in [0.2, 0.25) is 0 Å². The molecule has 0 aromatic carbocycles. The van der Waals surface area contributed by atoms with E-state index in [1.165, 1.54) is 12.2 Å². The predicted molar refractivity (Wildman–Crippen MR) is 38.0 cm³/mol. The second-order valence-electron chi connectivity index (χ2n) is 2.38. The van der Waals surface area contributed by atoms with Crippen LogP contribution in [0.4, 0.5) is 0 Å². The number of rotatable bonds is 0. The lowest BCUT2D eigenvalue weighted by Crippen LogP contribution is -2.25.